The number of fused-ring (bicyclic) bond motifs is 3. The molecule has 3 aromatic rings. The van der Waals surface area contributed by atoms with Crippen molar-refractivity contribution in [3.63, 3.8) is 0 Å². The minimum absolute atomic E-state index is 0.0640. The number of carbonyl (C=O) groups is 1. The van der Waals surface area contributed by atoms with Crippen molar-refractivity contribution in [1.29, 1.82) is 0 Å². The fourth-order valence-electron chi connectivity index (χ4n) is 5.74. The number of hydrogen-bond donors (Lipinski definition) is 1. The van der Waals surface area contributed by atoms with Crippen LogP contribution in [0.3, 0.4) is 0 Å². The summed E-state index contributed by atoms with van der Waals surface area (Å²) in [6.07, 6.45) is 7.21. The number of pyridine rings is 1. The Hall–Kier alpha value is -2.71. The first-order valence-electron chi connectivity index (χ1n) is 12.5. The summed E-state index contributed by atoms with van der Waals surface area (Å²) in [6.45, 7) is 8.19. The normalized spacial score (nSPS) is 20.1. The summed E-state index contributed by atoms with van der Waals surface area (Å²) in [7, 11) is 1.73. The van der Waals surface area contributed by atoms with E-state index in [0.29, 0.717) is 36.1 Å². The maximum absolute atomic E-state index is 13.7. The van der Waals surface area contributed by atoms with E-state index in [2.05, 4.69) is 21.9 Å². The molecule has 0 unspecified atom stereocenters. The Morgan fingerprint density at radius 3 is 2.74 bits per heavy atom. The zero-order valence-corrected chi connectivity index (χ0v) is 20.5. The SMILES string of the molecule is COCCCN1CCN(C(=O)c2cc3c(cc2C)[nH]c(=O)c2cnn(C4CCCC4)c23)C[C@@H]1C. The van der Waals surface area contributed by atoms with E-state index in [4.69, 9.17) is 4.74 Å². The standard InChI is InChI=1S/C26H35N5O3/c1-17-13-23-21(24-22(25(32)28-23)15-27-31(24)19-7-4-5-8-19)14-20(17)26(33)30-11-10-29(18(2)16-30)9-6-12-34-3/h13-15,18-19H,4-12,16H2,1-3H3,(H,28,32)/t18-/m0/s1. The summed E-state index contributed by atoms with van der Waals surface area (Å²) in [6, 6.07) is 4.55. The van der Waals surface area contributed by atoms with Gasteiger partial charge in [0.25, 0.3) is 11.5 Å². The van der Waals surface area contributed by atoms with Crippen LogP contribution >= 0.6 is 0 Å². The van der Waals surface area contributed by atoms with Crippen LogP contribution in [0.4, 0.5) is 0 Å². The van der Waals surface area contributed by atoms with Crippen molar-refractivity contribution in [3.05, 3.63) is 39.8 Å². The molecule has 8 heteroatoms. The van der Waals surface area contributed by atoms with Gasteiger partial charge in [-0.3, -0.25) is 19.2 Å². The predicted molar refractivity (Wildman–Crippen MR) is 134 cm³/mol. The molecule has 1 amide bonds. The number of carbonyl (C=O) groups excluding carboxylic acids is 1. The molecule has 2 aliphatic rings. The molecule has 5 rings (SSSR count). The molecular weight excluding hydrogens is 430 g/mol. The van der Waals surface area contributed by atoms with Crippen molar-refractivity contribution >= 4 is 27.7 Å². The Labute approximate surface area is 199 Å². The zero-order valence-electron chi connectivity index (χ0n) is 20.5. The third-order valence-corrected chi connectivity index (χ3v) is 7.65. The Bertz CT molecular complexity index is 1260. The van der Waals surface area contributed by atoms with Gasteiger partial charge < -0.3 is 14.6 Å². The van der Waals surface area contributed by atoms with Crippen LogP contribution in [-0.4, -0.2) is 76.4 Å². The molecule has 1 aromatic carbocycles. The molecule has 34 heavy (non-hydrogen) atoms. The summed E-state index contributed by atoms with van der Waals surface area (Å²) in [5.41, 5.74) is 3.09. The molecule has 1 aliphatic heterocycles. The molecule has 8 nitrogen and oxygen atoms in total. The lowest BCUT2D eigenvalue weighted by atomic mass is 10.0. The van der Waals surface area contributed by atoms with E-state index < -0.39 is 0 Å². The lowest BCUT2D eigenvalue weighted by Crippen LogP contribution is -2.53. The molecule has 3 heterocycles. The van der Waals surface area contributed by atoms with Crippen molar-refractivity contribution in [1.82, 2.24) is 24.6 Å². The van der Waals surface area contributed by atoms with Crippen LogP contribution in [-0.2, 0) is 4.74 Å². The van der Waals surface area contributed by atoms with Crippen molar-refractivity contribution in [2.75, 3.05) is 39.9 Å². The number of piperazine rings is 1. The van der Waals surface area contributed by atoms with Gasteiger partial charge in [-0.05, 0) is 50.8 Å². The van der Waals surface area contributed by atoms with Crippen LogP contribution in [0.1, 0.15) is 61.0 Å². The summed E-state index contributed by atoms with van der Waals surface area (Å²) < 4.78 is 7.22. The van der Waals surface area contributed by atoms with E-state index in [1.54, 1.807) is 13.3 Å². The molecule has 0 spiro atoms. The van der Waals surface area contributed by atoms with E-state index in [1.165, 1.54) is 12.8 Å². The van der Waals surface area contributed by atoms with E-state index in [9.17, 15) is 9.59 Å². The van der Waals surface area contributed by atoms with Crippen molar-refractivity contribution in [3.8, 4) is 0 Å². The highest BCUT2D eigenvalue weighted by Crippen LogP contribution is 2.34. The fraction of sp³-hybridized carbons (Fsp3) is 0.577. The van der Waals surface area contributed by atoms with Crippen LogP contribution in [0.25, 0.3) is 21.8 Å². The number of nitrogens with zero attached hydrogens (tertiary/aromatic N) is 4. The van der Waals surface area contributed by atoms with Gasteiger partial charge in [0.2, 0.25) is 0 Å². The van der Waals surface area contributed by atoms with Crippen LogP contribution in [0.2, 0.25) is 0 Å². The minimum atomic E-state index is -0.122. The maximum atomic E-state index is 13.7. The second kappa shape index (κ2) is 9.50. The van der Waals surface area contributed by atoms with E-state index in [-0.39, 0.29) is 11.5 Å². The van der Waals surface area contributed by atoms with Gasteiger partial charge in [0, 0.05) is 56.9 Å². The van der Waals surface area contributed by atoms with E-state index in [0.717, 1.165) is 60.9 Å². The number of ether oxygens (including phenoxy) is 1. The maximum Gasteiger partial charge on any atom is 0.259 e. The smallest absolute Gasteiger partial charge is 0.259 e. The van der Waals surface area contributed by atoms with Crippen LogP contribution < -0.4 is 5.56 Å². The van der Waals surface area contributed by atoms with Gasteiger partial charge in [-0.1, -0.05) is 12.8 Å². The number of amides is 1. The average molecular weight is 466 g/mol. The summed E-state index contributed by atoms with van der Waals surface area (Å²) >= 11 is 0. The van der Waals surface area contributed by atoms with Gasteiger partial charge >= 0.3 is 0 Å². The van der Waals surface area contributed by atoms with Crippen molar-refractivity contribution in [2.24, 2.45) is 0 Å². The van der Waals surface area contributed by atoms with Gasteiger partial charge in [0.1, 0.15) is 0 Å². The number of aromatic nitrogens is 3. The fourth-order valence-corrected chi connectivity index (χ4v) is 5.74. The first-order valence-corrected chi connectivity index (χ1v) is 12.5. The summed E-state index contributed by atoms with van der Waals surface area (Å²) in [5.74, 6) is 0.0640. The molecule has 0 radical (unpaired) electrons. The quantitative estimate of drug-likeness (QED) is 0.564. The number of rotatable bonds is 6. The van der Waals surface area contributed by atoms with Gasteiger partial charge in [-0.15, -0.1) is 0 Å². The molecule has 182 valence electrons. The van der Waals surface area contributed by atoms with Gasteiger partial charge in [-0.25, -0.2) is 0 Å². The van der Waals surface area contributed by atoms with Crippen molar-refractivity contribution < 1.29 is 9.53 Å². The number of benzene rings is 1. The molecule has 0 bridgehead atoms. The molecule has 2 aromatic heterocycles. The topological polar surface area (TPSA) is 83.5 Å². The average Bonchev–Trinajstić information content (AvgIpc) is 3.50. The van der Waals surface area contributed by atoms with Gasteiger partial charge in [0.05, 0.1) is 28.7 Å². The number of hydrogen-bond acceptors (Lipinski definition) is 5. The molecule has 1 N–H and O–H groups in total. The highest BCUT2D eigenvalue weighted by molar-refractivity contribution is 6.07. The first-order chi connectivity index (χ1) is 16.5. The lowest BCUT2D eigenvalue weighted by molar-refractivity contribution is 0.0490. The Morgan fingerprint density at radius 2 is 2.00 bits per heavy atom. The minimum Gasteiger partial charge on any atom is -0.385 e. The molecular formula is C26H35N5O3. The third kappa shape index (κ3) is 4.14. The number of methoxy groups -OCH3 is 1. The molecule has 1 saturated heterocycles. The Kier molecular flexibility index (Phi) is 6.44. The number of aromatic amines is 1. The van der Waals surface area contributed by atoms with Gasteiger partial charge in [0.15, 0.2) is 0 Å². The molecule has 1 atom stereocenters. The van der Waals surface area contributed by atoms with E-state index in [1.807, 2.05) is 28.6 Å². The van der Waals surface area contributed by atoms with Crippen LogP contribution in [0.5, 0.6) is 0 Å². The van der Waals surface area contributed by atoms with Crippen LogP contribution in [0.15, 0.2) is 23.1 Å². The largest absolute Gasteiger partial charge is 0.385 e. The lowest BCUT2D eigenvalue weighted by Gasteiger charge is -2.40. The first kappa shape index (κ1) is 23.1. The summed E-state index contributed by atoms with van der Waals surface area (Å²) in [4.78, 5) is 33.8. The summed E-state index contributed by atoms with van der Waals surface area (Å²) in [5, 5.41) is 6.11. The van der Waals surface area contributed by atoms with Crippen LogP contribution in [0, 0.1) is 6.92 Å². The predicted octanol–water partition coefficient (Wildman–Crippen LogP) is 3.48. The van der Waals surface area contributed by atoms with E-state index >= 15 is 0 Å². The third-order valence-electron chi connectivity index (χ3n) is 7.65. The molecule has 1 saturated carbocycles. The second-order valence-electron chi connectivity index (χ2n) is 9.94. The Balaban J connectivity index is 1.48. The highest BCUT2D eigenvalue weighted by atomic mass is 16.5. The molecule has 2 fully saturated rings. The highest BCUT2D eigenvalue weighted by Gasteiger charge is 2.28. The second-order valence-corrected chi connectivity index (χ2v) is 9.94. The number of nitrogens with one attached hydrogen (secondary N) is 1. The number of aryl methyl sites for hydroxylation is 1. The molecule has 1 aliphatic carbocycles. The zero-order chi connectivity index (χ0) is 23.8. The van der Waals surface area contributed by atoms with Crippen molar-refractivity contribution in [2.45, 2.75) is 58.0 Å². The monoisotopic (exact) mass is 465 g/mol. The van der Waals surface area contributed by atoms with Gasteiger partial charge in [-0.2, -0.15) is 5.10 Å². The number of H-pyrrole nitrogens is 1. The Morgan fingerprint density at radius 1 is 1.21 bits per heavy atom.